The van der Waals surface area contributed by atoms with Gasteiger partial charge in [0.05, 0.1) is 17.1 Å². The Kier molecular flexibility index (Phi) is 5.23. The Morgan fingerprint density at radius 2 is 2.00 bits per heavy atom. The SMILES string of the molecule is C[C@]1(O)CCN(C(=O)c2ccccc2Cl)C[C@@H]1Oc1cccc(Cl)c1. The average molecular weight is 380 g/mol. The molecule has 1 saturated heterocycles. The summed E-state index contributed by atoms with van der Waals surface area (Å²) in [7, 11) is 0. The lowest BCUT2D eigenvalue weighted by Gasteiger charge is -2.42. The van der Waals surface area contributed by atoms with Gasteiger partial charge < -0.3 is 14.7 Å². The molecule has 6 heteroatoms. The Hall–Kier alpha value is -1.75. The summed E-state index contributed by atoms with van der Waals surface area (Å²) in [6.45, 7) is 2.43. The number of carbonyl (C=O) groups excluding carboxylic acids is 1. The van der Waals surface area contributed by atoms with Gasteiger partial charge in [-0.3, -0.25) is 4.79 Å². The first-order valence-electron chi connectivity index (χ1n) is 8.05. The Morgan fingerprint density at radius 3 is 2.72 bits per heavy atom. The summed E-state index contributed by atoms with van der Waals surface area (Å²) in [6, 6.07) is 13.9. The number of hydrogen-bond donors (Lipinski definition) is 1. The topological polar surface area (TPSA) is 49.8 Å². The Morgan fingerprint density at radius 1 is 1.24 bits per heavy atom. The van der Waals surface area contributed by atoms with E-state index in [0.29, 0.717) is 34.3 Å². The summed E-state index contributed by atoms with van der Waals surface area (Å²) >= 11 is 12.1. The van der Waals surface area contributed by atoms with Crippen molar-refractivity contribution in [1.29, 1.82) is 0 Å². The third kappa shape index (κ3) is 4.09. The van der Waals surface area contributed by atoms with Gasteiger partial charge >= 0.3 is 0 Å². The van der Waals surface area contributed by atoms with E-state index in [-0.39, 0.29) is 12.5 Å². The van der Waals surface area contributed by atoms with E-state index in [2.05, 4.69) is 0 Å². The van der Waals surface area contributed by atoms with E-state index < -0.39 is 11.7 Å². The van der Waals surface area contributed by atoms with Gasteiger partial charge in [0.1, 0.15) is 17.5 Å². The maximum absolute atomic E-state index is 12.8. The van der Waals surface area contributed by atoms with Crippen LogP contribution in [0.3, 0.4) is 0 Å². The number of rotatable bonds is 3. The van der Waals surface area contributed by atoms with Crippen LogP contribution in [0.25, 0.3) is 0 Å². The third-order valence-electron chi connectivity index (χ3n) is 4.43. The Labute approximate surface area is 156 Å². The molecule has 1 aliphatic rings. The lowest BCUT2D eigenvalue weighted by molar-refractivity contribution is -0.0881. The van der Waals surface area contributed by atoms with Crippen LogP contribution in [0.15, 0.2) is 48.5 Å². The van der Waals surface area contributed by atoms with Crippen LogP contribution in [0.4, 0.5) is 0 Å². The number of benzene rings is 2. The van der Waals surface area contributed by atoms with Crippen molar-refractivity contribution in [1.82, 2.24) is 4.90 Å². The third-order valence-corrected chi connectivity index (χ3v) is 5.00. The highest BCUT2D eigenvalue weighted by molar-refractivity contribution is 6.33. The quantitative estimate of drug-likeness (QED) is 0.875. The number of amides is 1. The molecule has 2 aromatic carbocycles. The minimum absolute atomic E-state index is 0.166. The Bertz CT molecular complexity index is 779. The number of aliphatic hydroxyl groups is 1. The van der Waals surface area contributed by atoms with Gasteiger partial charge in [-0.2, -0.15) is 0 Å². The summed E-state index contributed by atoms with van der Waals surface area (Å²) in [5.74, 6) is 0.394. The summed E-state index contributed by atoms with van der Waals surface area (Å²) < 4.78 is 5.94. The summed E-state index contributed by atoms with van der Waals surface area (Å²) in [5.41, 5.74) is -0.591. The van der Waals surface area contributed by atoms with Crippen LogP contribution in [-0.2, 0) is 0 Å². The highest BCUT2D eigenvalue weighted by Crippen LogP contribution is 2.29. The molecule has 1 heterocycles. The fourth-order valence-corrected chi connectivity index (χ4v) is 3.27. The first kappa shape index (κ1) is 18.1. The highest BCUT2D eigenvalue weighted by atomic mass is 35.5. The van der Waals surface area contributed by atoms with Crippen molar-refractivity contribution in [2.24, 2.45) is 0 Å². The van der Waals surface area contributed by atoms with Crippen LogP contribution >= 0.6 is 23.2 Å². The van der Waals surface area contributed by atoms with Crippen LogP contribution in [-0.4, -0.2) is 40.7 Å². The standard InChI is InChI=1S/C19H19Cl2NO3/c1-19(24)9-10-22(18(23)15-7-2-3-8-16(15)21)12-17(19)25-14-6-4-5-13(20)11-14/h2-8,11,17,24H,9-10,12H2,1H3/t17-,19-/m0/s1. The van der Waals surface area contributed by atoms with Gasteiger partial charge in [-0.25, -0.2) is 0 Å². The van der Waals surface area contributed by atoms with Crippen molar-refractivity contribution in [2.45, 2.75) is 25.0 Å². The van der Waals surface area contributed by atoms with E-state index in [0.717, 1.165) is 0 Å². The number of halogens is 2. The van der Waals surface area contributed by atoms with Crippen molar-refractivity contribution < 1.29 is 14.6 Å². The first-order chi connectivity index (χ1) is 11.9. The summed E-state index contributed by atoms with van der Waals surface area (Å²) in [4.78, 5) is 14.4. The molecule has 2 aromatic rings. The van der Waals surface area contributed by atoms with Gasteiger partial charge in [0.2, 0.25) is 0 Å². The monoisotopic (exact) mass is 379 g/mol. The molecule has 0 radical (unpaired) electrons. The number of carbonyl (C=O) groups is 1. The molecule has 0 aliphatic carbocycles. The fraction of sp³-hybridized carbons (Fsp3) is 0.316. The number of likely N-dealkylation sites (tertiary alicyclic amines) is 1. The van der Waals surface area contributed by atoms with Crippen LogP contribution in [0.1, 0.15) is 23.7 Å². The van der Waals surface area contributed by atoms with Gasteiger partial charge in [-0.05, 0) is 43.7 Å². The van der Waals surface area contributed by atoms with Crippen LogP contribution in [0.5, 0.6) is 5.75 Å². The van der Waals surface area contributed by atoms with Crippen LogP contribution in [0, 0.1) is 0 Å². The van der Waals surface area contributed by atoms with Crippen LogP contribution < -0.4 is 4.74 Å². The fourth-order valence-electron chi connectivity index (χ4n) is 2.87. The second kappa shape index (κ2) is 7.24. The van der Waals surface area contributed by atoms with E-state index >= 15 is 0 Å². The van der Waals surface area contributed by atoms with Gasteiger partial charge in [0, 0.05) is 11.6 Å². The van der Waals surface area contributed by atoms with E-state index in [1.807, 2.05) is 0 Å². The average Bonchev–Trinajstić information content (AvgIpc) is 2.57. The molecule has 4 nitrogen and oxygen atoms in total. The zero-order valence-electron chi connectivity index (χ0n) is 13.8. The van der Waals surface area contributed by atoms with Gasteiger partial charge in [-0.1, -0.05) is 41.4 Å². The predicted octanol–water partition coefficient (Wildman–Crippen LogP) is 4.04. The van der Waals surface area contributed by atoms with E-state index in [9.17, 15) is 9.90 Å². The summed E-state index contributed by atoms with van der Waals surface area (Å²) in [5, 5.41) is 11.6. The molecule has 1 N–H and O–H groups in total. The second-order valence-corrected chi connectivity index (χ2v) is 7.25. The Balaban J connectivity index is 1.79. The first-order valence-corrected chi connectivity index (χ1v) is 8.81. The minimum atomic E-state index is -1.04. The maximum atomic E-state index is 12.8. The minimum Gasteiger partial charge on any atom is -0.486 e. The maximum Gasteiger partial charge on any atom is 0.255 e. The summed E-state index contributed by atoms with van der Waals surface area (Å²) in [6.07, 6.45) is -0.153. The van der Waals surface area contributed by atoms with Crippen molar-refractivity contribution in [2.75, 3.05) is 13.1 Å². The van der Waals surface area contributed by atoms with Gasteiger partial charge in [-0.15, -0.1) is 0 Å². The van der Waals surface area contributed by atoms with Crippen molar-refractivity contribution in [3.05, 3.63) is 64.1 Å². The molecule has 1 aliphatic heterocycles. The molecule has 2 atom stereocenters. The molecule has 1 amide bonds. The molecule has 132 valence electrons. The van der Waals surface area contributed by atoms with Gasteiger partial charge in [0.25, 0.3) is 5.91 Å². The molecule has 0 bridgehead atoms. The predicted molar refractivity (Wildman–Crippen MR) is 98.5 cm³/mol. The molecule has 0 unspecified atom stereocenters. The largest absolute Gasteiger partial charge is 0.486 e. The van der Waals surface area contributed by atoms with Crippen LogP contribution in [0.2, 0.25) is 10.0 Å². The smallest absolute Gasteiger partial charge is 0.255 e. The van der Waals surface area contributed by atoms with Crippen molar-refractivity contribution in [3.8, 4) is 5.75 Å². The molecular formula is C19H19Cl2NO3. The second-order valence-electron chi connectivity index (χ2n) is 6.40. The molecule has 3 rings (SSSR count). The molecule has 25 heavy (non-hydrogen) atoms. The highest BCUT2D eigenvalue weighted by Gasteiger charge is 2.41. The zero-order valence-corrected chi connectivity index (χ0v) is 15.3. The van der Waals surface area contributed by atoms with Crippen molar-refractivity contribution >= 4 is 29.1 Å². The lowest BCUT2D eigenvalue weighted by Crippen LogP contribution is -2.57. The number of piperidine rings is 1. The number of ether oxygens (including phenoxy) is 1. The molecule has 0 spiro atoms. The van der Waals surface area contributed by atoms with E-state index in [1.165, 1.54) is 0 Å². The normalized spacial score (nSPS) is 23.4. The van der Waals surface area contributed by atoms with E-state index in [4.69, 9.17) is 27.9 Å². The molecule has 0 saturated carbocycles. The molecular weight excluding hydrogens is 361 g/mol. The zero-order chi connectivity index (χ0) is 18.0. The lowest BCUT2D eigenvalue weighted by atomic mass is 9.90. The van der Waals surface area contributed by atoms with Gasteiger partial charge in [0.15, 0.2) is 0 Å². The van der Waals surface area contributed by atoms with Crippen molar-refractivity contribution in [3.63, 3.8) is 0 Å². The van der Waals surface area contributed by atoms with E-state index in [1.54, 1.807) is 60.4 Å². The molecule has 1 fully saturated rings. The molecule has 0 aromatic heterocycles. The number of nitrogens with zero attached hydrogens (tertiary/aromatic N) is 1. The number of hydrogen-bond acceptors (Lipinski definition) is 3.